The molecule has 0 aliphatic heterocycles. The van der Waals surface area contributed by atoms with Crippen LogP contribution in [0.5, 0.6) is 5.75 Å². The van der Waals surface area contributed by atoms with Gasteiger partial charge in [-0.2, -0.15) is 0 Å². The molecule has 0 saturated heterocycles. The normalized spacial score (nSPS) is 10.5. The maximum Gasteiger partial charge on any atom is 0.338 e. The number of carbonyl (C=O) groups is 1. The molecule has 8 heteroatoms. The van der Waals surface area contributed by atoms with E-state index in [1.165, 1.54) is 12.1 Å². The molecular formula is C22H17Br2NO5. The molecule has 0 bridgehead atoms. The number of hydrogen-bond donors (Lipinski definition) is 0. The lowest BCUT2D eigenvalue weighted by molar-refractivity contribution is -0.384. The first kappa shape index (κ1) is 22.0. The number of non-ortho nitro benzene ring substituents is 1. The lowest BCUT2D eigenvalue weighted by atomic mass is 10.1. The van der Waals surface area contributed by atoms with E-state index in [-0.39, 0.29) is 12.3 Å². The molecule has 6 nitrogen and oxygen atoms in total. The average Bonchev–Trinajstić information content (AvgIpc) is 2.72. The van der Waals surface area contributed by atoms with E-state index in [2.05, 4.69) is 31.9 Å². The molecule has 0 aromatic heterocycles. The van der Waals surface area contributed by atoms with Gasteiger partial charge in [-0.25, -0.2) is 4.79 Å². The van der Waals surface area contributed by atoms with E-state index in [9.17, 15) is 14.9 Å². The second-order valence-corrected chi connectivity index (χ2v) is 8.25. The Morgan fingerprint density at radius 2 is 1.47 bits per heavy atom. The van der Waals surface area contributed by atoms with Gasteiger partial charge in [0.1, 0.15) is 19.0 Å². The first-order valence-corrected chi connectivity index (χ1v) is 10.5. The van der Waals surface area contributed by atoms with Gasteiger partial charge in [-0.05, 0) is 91.9 Å². The summed E-state index contributed by atoms with van der Waals surface area (Å²) in [6, 6.07) is 16.8. The molecular weight excluding hydrogens is 518 g/mol. The first-order valence-electron chi connectivity index (χ1n) is 8.91. The highest BCUT2D eigenvalue weighted by Crippen LogP contribution is 2.35. The predicted molar refractivity (Wildman–Crippen MR) is 120 cm³/mol. The Balaban J connectivity index is 1.56. The fourth-order valence-corrected chi connectivity index (χ4v) is 4.31. The Labute approximate surface area is 190 Å². The van der Waals surface area contributed by atoms with Crippen molar-refractivity contribution >= 4 is 43.5 Å². The Bertz CT molecular complexity index is 1040. The summed E-state index contributed by atoms with van der Waals surface area (Å²) in [5, 5.41) is 10.7. The molecule has 0 spiro atoms. The van der Waals surface area contributed by atoms with Crippen LogP contribution in [0.4, 0.5) is 5.69 Å². The number of aryl methyl sites for hydroxylation is 1. The number of nitrogens with zero attached hydrogens (tertiary/aromatic N) is 1. The van der Waals surface area contributed by atoms with Gasteiger partial charge < -0.3 is 9.47 Å². The molecule has 0 saturated carbocycles. The summed E-state index contributed by atoms with van der Waals surface area (Å²) in [6.45, 7) is 2.38. The van der Waals surface area contributed by atoms with E-state index >= 15 is 0 Å². The SMILES string of the molecule is Cc1cc(Br)c(OCc2ccc(C(=O)OCc3ccc([N+](=O)[O-])cc3)cc2)c(Br)c1. The summed E-state index contributed by atoms with van der Waals surface area (Å²) in [6.07, 6.45) is 0. The van der Waals surface area contributed by atoms with Gasteiger partial charge in [0.25, 0.3) is 5.69 Å². The minimum absolute atomic E-state index is 0.00687. The Morgan fingerprint density at radius 1 is 0.933 bits per heavy atom. The number of esters is 1. The molecule has 0 amide bonds. The summed E-state index contributed by atoms with van der Waals surface area (Å²) in [4.78, 5) is 22.4. The molecule has 0 aliphatic rings. The standard InChI is InChI=1S/C22H17Br2NO5/c1-14-10-19(23)21(20(24)11-14)29-12-15-2-6-17(7-3-15)22(26)30-13-16-4-8-18(9-5-16)25(27)28/h2-11H,12-13H2,1H3. The van der Waals surface area contributed by atoms with Crippen molar-refractivity contribution < 1.29 is 19.2 Å². The maximum atomic E-state index is 12.2. The monoisotopic (exact) mass is 533 g/mol. The highest BCUT2D eigenvalue weighted by atomic mass is 79.9. The smallest absolute Gasteiger partial charge is 0.338 e. The Kier molecular flexibility index (Phi) is 7.23. The third-order valence-electron chi connectivity index (χ3n) is 4.23. The summed E-state index contributed by atoms with van der Waals surface area (Å²) >= 11 is 7.00. The van der Waals surface area contributed by atoms with Crippen molar-refractivity contribution in [1.82, 2.24) is 0 Å². The zero-order valence-corrected chi connectivity index (χ0v) is 19.1. The minimum atomic E-state index is -0.475. The molecule has 3 rings (SSSR count). The Morgan fingerprint density at radius 3 is 2.03 bits per heavy atom. The number of halogens is 2. The van der Waals surface area contributed by atoms with Gasteiger partial charge in [-0.1, -0.05) is 12.1 Å². The van der Waals surface area contributed by atoms with E-state index in [0.29, 0.717) is 23.5 Å². The summed E-state index contributed by atoms with van der Waals surface area (Å²) < 4.78 is 12.9. The largest absolute Gasteiger partial charge is 0.487 e. The predicted octanol–water partition coefficient (Wildman–Crippen LogP) is 6.36. The van der Waals surface area contributed by atoms with Gasteiger partial charge >= 0.3 is 5.97 Å². The number of nitro benzene ring substituents is 1. The van der Waals surface area contributed by atoms with Crippen molar-refractivity contribution in [2.24, 2.45) is 0 Å². The number of ether oxygens (including phenoxy) is 2. The number of nitro groups is 1. The van der Waals surface area contributed by atoms with Crippen LogP contribution in [-0.4, -0.2) is 10.9 Å². The van der Waals surface area contributed by atoms with Gasteiger partial charge in [0.05, 0.1) is 19.4 Å². The van der Waals surface area contributed by atoms with Crippen molar-refractivity contribution in [2.45, 2.75) is 20.1 Å². The van der Waals surface area contributed by atoms with Crippen molar-refractivity contribution in [2.75, 3.05) is 0 Å². The van der Waals surface area contributed by atoms with Gasteiger partial charge in [-0.15, -0.1) is 0 Å². The number of rotatable bonds is 7. The molecule has 0 radical (unpaired) electrons. The molecule has 154 valence electrons. The van der Waals surface area contributed by atoms with Crippen LogP contribution >= 0.6 is 31.9 Å². The van der Waals surface area contributed by atoms with Crippen LogP contribution in [0.25, 0.3) is 0 Å². The second kappa shape index (κ2) is 9.86. The van der Waals surface area contributed by atoms with E-state index in [4.69, 9.17) is 9.47 Å². The lowest BCUT2D eigenvalue weighted by Crippen LogP contribution is -2.06. The minimum Gasteiger partial charge on any atom is -0.487 e. The van der Waals surface area contributed by atoms with Crippen LogP contribution in [0.15, 0.2) is 69.6 Å². The highest BCUT2D eigenvalue weighted by Gasteiger charge is 2.11. The molecule has 0 fully saturated rings. The summed E-state index contributed by atoms with van der Waals surface area (Å²) in [5.41, 5.74) is 3.10. The third-order valence-corrected chi connectivity index (χ3v) is 5.41. The fourth-order valence-electron chi connectivity index (χ4n) is 2.66. The average molecular weight is 535 g/mol. The summed E-state index contributed by atoms with van der Waals surface area (Å²) in [5.74, 6) is 0.247. The number of hydrogen-bond acceptors (Lipinski definition) is 5. The van der Waals surface area contributed by atoms with Gasteiger partial charge in [0, 0.05) is 12.1 Å². The molecule has 30 heavy (non-hydrogen) atoms. The van der Waals surface area contributed by atoms with Crippen molar-refractivity contribution in [1.29, 1.82) is 0 Å². The van der Waals surface area contributed by atoms with Crippen LogP contribution < -0.4 is 4.74 Å². The number of carbonyl (C=O) groups excluding carboxylic acids is 1. The highest BCUT2D eigenvalue weighted by molar-refractivity contribution is 9.11. The van der Waals surface area contributed by atoms with Crippen LogP contribution in [0.2, 0.25) is 0 Å². The zero-order chi connectivity index (χ0) is 21.7. The quantitative estimate of drug-likeness (QED) is 0.200. The van der Waals surface area contributed by atoms with Gasteiger partial charge in [0.15, 0.2) is 0 Å². The Hall–Kier alpha value is -2.71. The molecule has 0 aliphatic carbocycles. The third kappa shape index (κ3) is 5.67. The van der Waals surface area contributed by atoms with Crippen LogP contribution in [0.3, 0.4) is 0 Å². The molecule has 3 aromatic rings. The van der Waals surface area contributed by atoms with Crippen LogP contribution in [0.1, 0.15) is 27.0 Å². The van der Waals surface area contributed by atoms with E-state index in [1.807, 2.05) is 19.1 Å². The van der Waals surface area contributed by atoms with Crippen molar-refractivity contribution in [3.63, 3.8) is 0 Å². The fraction of sp³-hybridized carbons (Fsp3) is 0.136. The molecule has 3 aromatic carbocycles. The van der Waals surface area contributed by atoms with Crippen molar-refractivity contribution in [3.05, 3.63) is 102 Å². The van der Waals surface area contributed by atoms with Crippen LogP contribution in [-0.2, 0) is 18.0 Å². The van der Waals surface area contributed by atoms with Gasteiger partial charge in [0.2, 0.25) is 0 Å². The van der Waals surface area contributed by atoms with E-state index in [1.54, 1.807) is 36.4 Å². The van der Waals surface area contributed by atoms with Crippen molar-refractivity contribution in [3.8, 4) is 5.75 Å². The molecule has 0 unspecified atom stereocenters. The molecule has 0 heterocycles. The van der Waals surface area contributed by atoms with Gasteiger partial charge in [-0.3, -0.25) is 10.1 Å². The van der Waals surface area contributed by atoms with E-state index in [0.717, 1.165) is 20.1 Å². The zero-order valence-electron chi connectivity index (χ0n) is 15.9. The maximum absolute atomic E-state index is 12.2. The van der Waals surface area contributed by atoms with E-state index < -0.39 is 10.9 Å². The molecule has 0 atom stereocenters. The second-order valence-electron chi connectivity index (χ2n) is 6.54. The molecule has 0 N–H and O–H groups in total. The topological polar surface area (TPSA) is 78.7 Å². The summed E-state index contributed by atoms with van der Waals surface area (Å²) in [7, 11) is 0. The number of benzene rings is 3. The first-order chi connectivity index (χ1) is 14.3. The van der Waals surface area contributed by atoms with Crippen LogP contribution in [0, 0.1) is 17.0 Å². The lowest BCUT2D eigenvalue weighted by Gasteiger charge is -2.11.